The predicted octanol–water partition coefficient (Wildman–Crippen LogP) is 2.11. The number of carbonyl (C=O) groups excluding carboxylic acids is 2. The van der Waals surface area contributed by atoms with Gasteiger partial charge in [0.1, 0.15) is 6.04 Å². The molecule has 0 aliphatic carbocycles. The smallest absolute Gasteiger partial charge is 0.328 e. The Bertz CT molecular complexity index is 266. The Kier molecular flexibility index (Phi) is 7.43. The third-order valence-corrected chi connectivity index (χ3v) is 3.81. The van der Waals surface area contributed by atoms with Gasteiger partial charge in [0.15, 0.2) is 0 Å². The van der Waals surface area contributed by atoms with E-state index in [1.165, 1.54) is 0 Å². The molecule has 1 unspecified atom stereocenters. The quantitative estimate of drug-likeness (QED) is 0.604. The van der Waals surface area contributed by atoms with E-state index in [1.54, 1.807) is 6.92 Å². The minimum absolute atomic E-state index is 0.00450. The van der Waals surface area contributed by atoms with Crippen LogP contribution >= 0.6 is 15.9 Å². The van der Waals surface area contributed by atoms with Gasteiger partial charge in [0.05, 0.1) is 11.4 Å². The van der Waals surface area contributed by atoms with E-state index >= 15 is 0 Å². The highest BCUT2D eigenvalue weighted by atomic mass is 79.9. The molecule has 17 heavy (non-hydrogen) atoms. The van der Waals surface area contributed by atoms with Crippen LogP contribution in [0.25, 0.3) is 0 Å². The van der Waals surface area contributed by atoms with Gasteiger partial charge >= 0.3 is 5.97 Å². The van der Waals surface area contributed by atoms with E-state index in [0.29, 0.717) is 6.61 Å². The van der Waals surface area contributed by atoms with E-state index in [0.717, 1.165) is 0 Å². The SMILES string of the molecule is CCOC(=O)[C@@H](NC(=O)C(Br)C(C)C)C(C)C. The molecule has 0 aliphatic heterocycles. The van der Waals surface area contributed by atoms with Crippen LogP contribution in [0.2, 0.25) is 0 Å². The van der Waals surface area contributed by atoms with Crippen molar-refractivity contribution in [3.63, 3.8) is 0 Å². The highest BCUT2D eigenvalue weighted by molar-refractivity contribution is 9.10. The van der Waals surface area contributed by atoms with Crippen LogP contribution in [0.3, 0.4) is 0 Å². The van der Waals surface area contributed by atoms with Crippen LogP contribution in [0.1, 0.15) is 34.6 Å². The molecule has 0 aliphatic rings. The van der Waals surface area contributed by atoms with Crippen LogP contribution in [0.15, 0.2) is 0 Å². The van der Waals surface area contributed by atoms with Crippen molar-refractivity contribution >= 4 is 27.8 Å². The number of halogens is 1. The number of ether oxygens (including phenoxy) is 1. The summed E-state index contributed by atoms with van der Waals surface area (Å²) >= 11 is 3.31. The van der Waals surface area contributed by atoms with Crippen molar-refractivity contribution in [2.75, 3.05) is 6.61 Å². The third kappa shape index (κ3) is 5.52. The lowest BCUT2D eigenvalue weighted by atomic mass is 10.0. The lowest BCUT2D eigenvalue weighted by molar-refractivity contribution is -0.148. The standard InChI is InChI=1S/C12H22BrNO3/c1-6-17-12(16)10(8(4)5)14-11(15)9(13)7(2)3/h7-10H,6H2,1-5H3,(H,14,15)/t9?,10-/m0/s1. The molecule has 0 saturated heterocycles. The number of hydrogen-bond donors (Lipinski definition) is 1. The maximum atomic E-state index is 11.8. The van der Waals surface area contributed by atoms with E-state index in [4.69, 9.17) is 4.74 Å². The van der Waals surface area contributed by atoms with Gasteiger partial charge in [-0.25, -0.2) is 4.79 Å². The van der Waals surface area contributed by atoms with Crippen molar-refractivity contribution in [1.29, 1.82) is 0 Å². The molecule has 0 fully saturated rings. The first-order chi connectivity index (χ1) is 7.81. The zero-order valence-electron chi connectivity index (χ0n) is 11.1. The number of nitrogens with one attached hydrogen (secondary N) is 1. The minimum atomic E-state index is -0.582. The van der Waals surface area contributed by atoms with Crippen molar-refractivity contribution in [2.24, 2.45) is 11.8 Å². The maximum Gasteiger partial charge on any atom is 0.328 e. The Morgan fingerprint density at radius 3 is 2.06 bits per heavy atom. The second-order valence-corrected chi connectivity index (χ2v) is 5.61. The monoisotopic (exact) mass is 307 g/mol. The summed E-state index contributed by atoms with van der Waals surface area (Å²) in [5.41, 5.74) is 0. The molecule has 2 atom stereocenters. The van der Waals surface area contributed by atoms with Gasteiger partial charge < -0.3 is 10.1 Å². The fourth-order valence-corrected chi connectivity index (χ4v) is 1.40. The average Bonchev–Trinajstić information content (AvgIpc) is 2.23. The molecule has 0 rings (SSSR count). The summed E-state index contributed by atoms with van der Waals surface area (Å²) < 4.78 is 4.94. The summed E-state index contributed by atoms with van der Waals surface area (Å²) in [7, 11) is 0. The first-order valence-corrected chi connectivity index (χ1v) is 6.83. The van der Waals surface area contributed by atoms with Gasteiger partial charge in [-0.05, 0) is 18.8 Å². The molecule has 4 nitrogen and oxygen atoms in total. The summed E-state index contributed by atoms with van der Waals surface area (Å²) in [6.45, 7) is 9.70. The molecule has 0 radical (unpaired) electrons. The summed E-state index contributed by atoms with van der Waals surface area (Å²) in [4.78, 5) is 23.2. The van der Waals surface area contributed by atoms with Gasteiger partial charge in [0, 0.05) is 0 Å². The number of amides is 1. The Hall–Kier alpha value is -0.580. The molecule has 0 saturated carbocycles. The molecule has 0 aromatic heterocycles. The third-order valence-electron chi connectivity index (χ3n) is 2.34. The molecule has 0 aromatic carbocycles. The predicted molar refractivity (Wildman–Crippen MR) is 71.0 cm³/mol. The maximum absolute atomic E-state index is 11.8. The van der Waals surface area contributed by atoms with Crippen LogP contribution in [-0.2, 0) is 14.3 Å². The first-order valence-electron chi connectivity index (χ1n) is 5.92. The summed E-state index contributed by atoms with van der Waals surface area (Å²) in [5.74, 6) is -0.374. The van der Waals surface area contributed by atoms with Gasteiger partial charge in [0.25, 0.3) is 0 Å². The Morgan fingerprint density at radius 1 is 1.18 bits per heavy atom. The number of alkyl halides is 1. The molecule has 1 amide bonds. The van der Waals surface area contributed by atoms with Crippen molar-refractivity contribution in [3.8, 4) is 0 Å². The lowest BCUT2D eigenvalue weighted by Crippen LogP contribution is -2.48. The van der Waals surface area contributed by atoms with Crippen molar-refractivity contribution < 1.29 is 14.3 Å². The number of rotatable bonds is 6. The molecule has 1 N–H and O–H groups in total. The summed E-state index contributed by atoms with van der Waals surface area (Å²) in [6.07, 6.45) is 0. The highest BCUT2D eigenvalue weighted by Crippen LogP contribution is 2.13. The normalized spacial score (nSPS) is 14.6. The molecule has 0 spiro atoms. The van der Waals surface area contributed by atoms with E-state index in [-0.39, 0.29) is 28.5 Å². The molecule has 0 heterocycles. The average molecular weight is 308 g/mol. The Morgan fingerprint density at radius 2 is 1.71 bits per heavy atom. The number of carbonyl (C=O) groups is 2. The van der Waals surface area contributed by atoms with Crippen LogP contribution in [0.5, 0.6) is 0 Å². The minimum Gasteiger partial charge on any atom is -0.464 e. The van der Waals surface area contributed by atoms with Crippen molar-refractivity contribution in [3.05, 3.63) is 0 Å². The van der Waals surface area contributed by atoms with Crippen molar-refractivity contribution in [1.82, 2.24) is 5.32 Å². The Balaban J connectivity index is 4.55. The summed E-state index contributed by atoms with van der Waals surface area (Å²) in [6, 6.07) is -0.582. The highest BCUT2D eigenvalue weighted by Gasteiger charge is 2.28. The molecular weight excluding hydrogens is 286 g/mol. The zero-order valence-corrected chi connectivity index (χ0v) is 12.7. The van der Waals surface area contributed by atoms with Gasteiger partial charge in [-0.3, -0.25) is 4.79 Å². The second kappa shape index (κ2) is 7.69. The van der Waals surface area contributed by atoms with Gasteiger partial charge in [-0.15, -0.1) is 0 Å². The van der Waals surface area contributed by atoms with Crippen LogP contribution in [-0.4, -0.2) is 29.4 Å². The molecular formula is C12H22BrNO3. The topological polar surface area (TPSA) is 55.4 Å². The van der Waals surface area contributed by atoms with E-state index in [9.17, 15) is 9.59 Å². The second-order valence-electron chi connectivity index (χ2n) is 4.63. The van der Waals surface area contributed by atoms with E-state index < -0.39 is 6.04 Å². The Labute approximate surface area is 112 Å². The molecule has 100 valence electrons. The van der Waals surface area contributed by atoms with E-state index in [1.807, 2.05) is 27.7 Å². The molecule has 0 aromatic rings. The molecule has 5 heteroatoms. The number of hydrogen-bond acceptors (Lipinski definition) is 3. The van der Waals surface area contributed by atoms with Gasteiger partial charge in [0.2, 0.25) is 5.91 Å². The van der Waals surface area contributed by atoms with Crippen LogP contribution in [0.4, 0.5) is 0 Å². The largest absolute Gasteiger partial charge is 0.464 e. The fourth-order valence-electron chi connectivity index (χ4n) is 1.27. The van der Waals surface area contributed by atoms with Crippen LogP contribution < -0.4 is 5.32 Å². The zero-order chi connectivity index (χ0) is 13.6. The van der Waals surface area contributed by atoms with E-state index in [2.05, 4.69) is 21.2 Å². The fraction of sp³-hybridized carbons (Fsp3) is 0.833. The van der Waals surface area contributed by atoms with Crippen molar-refractivity contribution in [2.45, 2.75) is 45.5 Å². The first kappa shape index (κ1) is 16.4. The summed E-state index contributed by atoms with van der Waals surface area (Å²) in [5, 5.41) is 2.72. The lowest BCUT2D eigenvalue weighted by Gasteiger charge is -2.23. The van der Waals surface area contributed by atoms with Gasteiger partial charge in [-0.1, -0.05) is 43.6 Å². The number of esters is 1. The van der Waals surface area contributed by atoms with Crippen LogP contribution in [0, 0.1) is 11.8 Å². The van der Waals surface area contributed by atoms with Gasteiger partial charge in [-0.2, -0.15) is 0 Å². The molecule has 0 bridgehead atoms.